The number of rotatable bonds is 5. The predicted octanol–water partition coefficient (Wildman–Crippen LogP) is 4.77. The Balaban J connectivity index is 1.45. The fourth-order valence-electron chi connectivity index (χ4n) is 3.01. The quantitative estimate of drug-likeness (QED) is 0.603. The van der Waals surface area contributed by atoms with Crippen molar-refractivity contribution in [3.05, 3.63) is 64.6 Å². The summed E-state index contributed by atoms with van der Waals surface area (Å²) in [5.74, 6) is 1.34. The summed E-state index contributed by atoms with van der Waals surface area (Å²) in [5.41, 5.74) is 1.38. The number of para-hydroxylation sites is 2. The minimum absolute atomic E-state index is 0.110. The lowest BCUT2D eigenvalue weighted by Gasteiger charge is -2.30. The Bertz CT molecular complexity index is 974. The van der Waals surface area contributed by atoms with Crippen LogP contribution in [0.15, 0.2) is 53.9 Å². The van der Waals surface area contributed by atoms with Gasteiger partial charge < -0.3 is 14.4 Å². The summed E-state index contributed by atoms with van der Waals surface area (Å²) >= 11 is 7.38. The maximum absolute atomic E-state index is 12.9. The number of thiazole rings is 1. The summed E-state index contributed by atoms with van der Waals surface area (Å²) in [5, 5.41) is 3.26. The molecule has 2 heterocycles. The Labute approximate surface area is 172 Å². The van der Waals surface area contributed by atoms with E-state index < -0.39 is 0 Å². The Morgan fingerprint density at radius 2 is 1.96 bits per heavy atom. The zero-order valence-corrected chi connectivity index (χ0v) is 16.9. The van der Waals surface area contributed by atoms with Gasteiger partial charge in [0.25, 0.3) is 5.91 Å². The first-order valence-corrected chi connectivity index (χ1v) is 10.3. The topological polar surface area (TPSA) is 51.7 Å². The van der Waals surface area contributed by atoms with Gasteiger partial charge in [0.05, 0.1) is 6.54 Å². The van der Waals surface area contributed by atoms with Gasteiger partial charge in [-0.3, -0.25) is 4.79 Å². The van der Waals surface area contributed by atoms with Crippen LogP contribution in [-0.4, -0.2) is 41.6 Å². The van der Waals surface area contributed by atoms with Crippen LogP contribution in [-0.2, 0) is 0 Å². The van der Waals surface area contributed by atoms with Gasteiger partial charge in [-0.15, -0.1) is 11.3 Å². The Morgan fingerprint density at radius 3 is 2.71 bits per heavy atom. The zero-order valence-electron chi connectivity index (χ0n) is 15.3. The molecule has 0 spiro atoms. The highest BCUT2D eigenvalue weighted by atomic mass is 35.5. The summed E-state index contributed by atoms with van der Waals surface area (Å²) < 4.78 is 11.7. The van der Waals surface area contributed by atoms with E-state index in [0.29, 0.717) is 36.2 Å². The van der Waals surface area contributed by atoms with Gasteiger partial charge in [0, 0.05) is 22.5 Å². The molecule has 0 radical (unpaired) electrons. The van der Waals surface area contributed by atoms with E-state index in [1.807, 2.05) is 55.5 Å². The number of nitrogens with zero attached hydrogens (tertiary/aromatic N) is 2. The Morgan fingerprint density at radius 1 is 1.21 bits per heavy atom. The third-order valence-electron chi connectivity index (χ3n) is 4.47. The molecule has 1 atom stereocenters. The zero-order chi connectivity index (χ0) is 19.5. The van der Waals surface area contributed by atoms with Gasteiger partial charge in [0.2, 0.25) is 0 Å². The van der Waals surface area contributed by atoms with Crippen LogP contribution in [0.25, 0.3) is 10.6 Å². The lowest BCUT2D eigenvalue weighted by Crippen LogP contribution is -2.43. The molecule has 1 unspecified atom stereocenters. The number of fused-ring (bicyclic) bond motifs is 1. The molecule has 144 valence electrons. The molecule has 7 heteroatoms. The molecule has 0 bridgehead atoms. The number of benzene rings is 2. The average Bonchev–Trinajstić information content (AvgIpc) is 3.22. The largest absolute Gasteiger partial charge is 0.486 e. The summed E-state index contributed by atoms with van der Waals surface area (Å²) in [6.45, 7) is 3.36. The molecule has 3 aromatic rings. The molecule has 2 aromatic carbocycles. The van der Waals surface area contributed by atoms with Gasteiger partial charge in [-0.2, -0.15) is 0 Å². The number of hydrogen-bond acceptors (Lipinski definition) is 5. The van der Waals surface area contributed by atoms with Crippen molar-refractivity contribution < 1.29 is 14.3 Å². The van der Waals surface area contributed by atoms with E-state index in [4.69, 9.17) is 21.1 Å². The monoisotopic (exact) mass is 414 g/mol. The van der Waals surface area contributed by atoms with Gasteiger partial charge in [-0.25, -0.2) is 4.98 Å². The van der Waals surface area contributed by atoms with Crippen molar-refractivity contribution in [3.63, 3.8) is 0 Å². The second-order valence-corrected chi connectivity index (χ2v) is 7.68. The van der Waals surface area contributed by atoms with Crippen molar-refractivity contribution >= 4 is 28.8 Å². The second-order valence-electron chi connectivity index (χ2n) is 6.39. The molecule has 0 fully saturated rings. The van der Waals surface area contributed by atoms with Crippen LogP contribution in [0.1, 0.15) is 17.4 Å². The molecule has 0 saturated carbocycles. The third kappa shape index (κ3) is 3.98. The van der Waals surface area contributed by atoms with Gasteiger partial charge in [0.1, 0.15) is 17.3 Å². The van der Waals surface area contributed by atoms with Crippen LogP contribution >= 0.6 is 22.9 Å². The van der Waals surface area contributed by atoms with Crippen molar-refractivity contribution in [3.8, 4) is 22.1 Å². The molecule has 0 N–H and O–H groups in total. The van der Waals surface area contributed by atoms with Crippen molar-refractivity contribution in [1.29, 1.82) is 0 Å². The van der Waals surface area contributed by atoms with E-state index in [1.165, 1.54) is 11.3 Å². The van der Waals surface area contributed by atoms with E-state index in [2.05, 4.69) is 4.98 Å². The molecular weight excluding hydrogens is 396 g/mol. The number of aromatic nitrogens is 1. The van der Waals surface area contributed by atoms with Crippen LogP contribution in [0.3, 0.4) is 0 Å². The highest BCUT2D eigenvalue weighted by molar-refractivity contribution is 7.13. The molecule has 28 heavy (non-hydrogen) atoms. The van der Waals surface area contributed by atoms with E-state index in [-0.39, 0.29) is 12.0 Å². The predicted molar refractivity (Wildman–Crippen MR) is 110 cm³/mol. The number of ether oxygens (including phenoxy) is 2. The van der Waals surface area contributed by atoms with Gasteiger partial charge >= 0.3 is 0 Å². The van der Waals surface area contributed by atoms with E-state index >= 15 is 0 Å². The molecule has 4 rings (SSSR count). The smallest absolute Gasteiger partial charge is 0.273 e. The van der Waals surface area contributed by atoms with Crippen molar-refractivity contribution in [2.45, 2.75) is 13.0 Å². The first-order valence-electron chi connectivity index (χ1n) is 9.03. The summed E-state index contributed by atoms with van der Waals surface area (Å²) in [4.78, 5) is 19.2. The van der Waals surface area contributed by atoms with Gasteiger partial charge in [-0.1, -0.05) is 35.9 Å². The average molecular weight is 415 g/mol. The highest BCUT2D eigenvalue weighted by Crippen LogP contribution is 2.31. The van der Waals surface area contributed by atoms with Crippen LogP contribution < -0.4 is 9.47 Å². The SMILES string of the molecule is CCN(CC1COc2ccccc2O1)C(=O)c1csc(-c2ccc(Cl)cc2)n1. The van der Waals surface area contributed by atoms with Crippen LogP contribution in [0, 0.1) is 0 Å². The molecule has 1 amide bonds. The van der Waals surface area contributed by atoms with Gasteiger partial charge in [-0.05, 0) is 31.2 Å². The molecule has 0 saturated heterocycles. The number of amides is 1. The Hall–Kier alpha value is -2.57. The molecule has 0 aliphatic carbocycles. The van der Waals surface area contributed by atoms with Crippen LogP contribution in [0.5, 0.6) is 11.5 Å². The number of halogens is 1. The lowest BCUT2D eigenvalue weighted by atomic mass is 10.2. The fraction of sp³-hybridized carbons (Fsp3) is 0.238. The van der Waals surface area contributed by atoms with E-state index in [9.17, 15) is 4.79 Å². The van der Waals surface area contributed by atoms with E-state index in [0.717, 1.165) is 16.3 Å². The van der Waals surface area contributed by atoms with Crippen LogP contribution in [0.4, 0.5) is 0 Å². The summed E-state index contributed by atoms with van der Waals surface area (Å²) in [6, 6.07) is 15.0. The highest BCUT2D eigenvalue weighted by Gasteiger charge is 2.26. The number of carbonyl (C=O) groups excluding carboxylic acids is 1. The lowest BCUT2D eigenvalue weighted by molar-refractivity contribution is 0.0472. The van der Waals surface area contributed by atoms with Crippen molar-refractivity contribution in [1.82, 2.24) is 9.88 Å². The second kappa shape index (κ2) is 8.20. The summed E-state index contributed by atoms with van der Waals surface area (Å²) in [7, 11) is 0. The molecule has 1 aliphatic rings. The maximum atomic E-state index is 12.9. The Kier molecular flexibility index (Phi) is 5.50. The van der Waals surface area contributed by atoms with Crippen molar-refractivity contribution in [2.75, 3.05) is 19.7 Å². The first kappa shape index (κ1) is 18.8. The minimum atomic E-state index is -0.215. The number of hydrogen-bond donors (Lipinski definition) is 0. The summed E-state index contributed by atoms with van der Waals surface area (Å²) in [6.07, 6.45) is -0.215. The van der Waals surface area contributed by atoms with Crippen LogP contribution in [0.2, 0.25) is 5.02 Å². The standard InChI is InChI=1S/C21H19ClN2O3S/c1-2-24(11-16-12-26-18-5-3-4-6-19(18)27-16)21(25)17-13-28-20(23-17)14-7-9-15(22)10-8-14/h3-10,13,16H,2,11-12H2,1H3. The molecular formula is C21H19ClN2O3S. The number of carbonyl (C=O) groups is 1. The fourth-order valence-corrected chi connectivity index (χ4v) is 3.94. The first-order chi connectivity index (χ1) is 13.6. The maximum Gasteiger partial charge on any atom is 0.273 e. The molecule has 1 aromatic heterocycles. The molecule has 1 aliphatic heterocycles. The van der Waals surface area contributed by atoms with Gasteiger partial charge in [0.15, 0.2) is 17.6 Å². The normalized spacial score (nSPS) is 15.3. The minimum Gasteiger partial charge on any atom is -0.486 e. The number of likely N-dealkylation sites (N-methyl/N-ethyl adjacent to an activating group) is 1. The van der Waals surface area contributed by atoms with Crippen molar-refractivity contribution in [2.24, 2.45) is 0 Å². The molecule has 5 nitrogen and oxygen atoms in total. The third-order valence-corrected chi connectivity index (χ3v) is 5.62. The van der Waals surface area contributed by atoms with E-state index in [1.54, 1.807) is 10.3 Å².